The van der Waals surface area contributed by atoms with Crippen LogP contribution in [0.25, 0.3) is 0 Å². The van der Waals surface area contributed by atoms with Crippen LogP contribution >= 0.6 is 0 Å². The lowest BCUT2D eigenvalue weighted by molar-refractivity contribution is 0.0847. The maximum atomic E-state index is 5.16. The molecule has 1 unspecified atom stereocenters. The fourth-order valence-corrected chi connectivity index (χ4v) is 1.08. The molecule has 2 atom stereocenters. The molecule has 0 saturated carbocycles. The summed E-state index contributed by atoms with van der Waals surface area (Å²) >= 11 is 0. The summed E-state index contributed by atoms with van der Waals surface area (Å²) in [5, 5.41) is 0. The topological polar surface area (TPSA) is 9.23 Å². The quantitative estimate of drug-likeness (QED) is 0.468. The molecule has 0 aliphatic heterocycles. The zero-order valence-electron chi connectivity index (χ0n) is 5.42. The van der Waals surface area contributed by atoms with Crippen molar-refractivity contribution in [3.05, 3.63) is 12.2 Å². The van der Waals surface area contributed by atoms with Gasteiger partial charge in [0, 0.05) is 13.0 Å². The molecule has 0 N–H and O–H groups in total. The number of rotatable bonds is 1. The first kappa shape index (κ1) is 5.83. The second-order valence-electron chi connectivity index (χ2n) is 2.30. The van der Waals surface area contributed by atoms with Crippen LogP contribution in [0.15, 0.2) is 12.2 Å². The Morgan fingerprint density at radius 1 is 1.62 bits per heavy atom. The van der Waals surface area contributed by atoms with Crippen LogP contribution < -0.4 is 0 Å². The zero-order chi connectivity index (χ0) is 5.98. The van der Waals surface area contributed by atoms with Crippen molar-refractivity contribution in [3.63, 3.8) is 0 Å². The molecule has 0 amide bonds. The Hall–Kier alpha value is -0.300. The van der Waals surface area contributed by atoms with E-state index >= 15 is 0 Å². The van der Waals surface area contributed by atoms with E-state index in [-0.39, 0.29) is 0 Å². The van der Waals surface area contributed by atoms with E-state index in [1.165, 1.54) is 0 Å². The second kappa shape index (κ2) is 2.31. The number of methoxy groups -OCH3 is 1. The fourth-order valence-electron chi connectivity index (χ4n) is 1.08. The molecule has 0 heterocycles. The lowest BCUT2D eigenvalue weighted by Crippen LogP contribution is -2.12. The third-order valence-corrected chi connectivity index (χ3v) is 1.70. The molecule has 1 nitrogen and oxygen atoms in total. The molecule has 0 saturated heterocycles. The highest BCUT2D eigenvalue weighted by atomic mass is 16.5. The molecule has 0 aromatic heterocycles. The first-order chi connectivity index (χ1) is 3.84. The summed E-state index contributed by atoms with van der Waals surface area (Å²) in [5.74, 6) is 0.625. The number of hydrogen-bond donors (Lipinski definition) is 0. The van der Waals surface area contributed by atoms with Gasteiger partial charge >= 0.3 is 0 Å². The van der Waals surface area contributed by atoms with E-state index in [1.54, 1.807) is 7.11 Å². The van der Waals surface area contributed by atoms with Gasteiger partial charge in [0.15, 0.2) is 0 Å². The Labute approximate surface area is 50.3 Å². The molecule has 0 spiro atoms. The third-order valence-electron chi connectivity index (χ3n) is 1.70. The van der Waals surface area contributed by atoms with Gasteiger partial charge in [0.05, 0.1) is 6.10 Å². The molecule has 46 valence electrons. The summed E-state index contributed by atoms with van der Waals surface area (Å²) in [4.78, 5) is 0. The predicted molar refractivity (Wildman–Crippen MR) is 33.7 cm³/mol. The molecule has 1 heteroatoms. The minimum absolute atomic E-state index is 0.454. The minimum Gasteiger partial charge on any atom is -0.381 e. The summed E-state index contributed by atoms with van der Waals surface area (Å²) in [6.45, 7) is 2.18. The lowest BCUT2D eigenvalue weighted by Gasteiger charge is -2.11. The van der Waals surface area contributed by atoms with Crippen molar-refractivity contribution < 1.29 is 4.74 Å². The van der Waals surface area contributed by atoms with E-state index in [0.717, 1.165) is 6.42 Å². The van der Waals surface area contributed by atoms with E-state index in [0.29, 0.717) is 12.0 Å². The zero-order valence-corrected chi connectivity index (χ0v) is 5.42. The van der Waals surface area contributed by atoms with E-state index in [4.69, 9.17) is 4.74 Å². The molecule has 8 heavy (non-hydrogen) atoms. The van der Waals surface area contributed by atoms with E-state index < -0.39 is 0 Å². The van der Waals surface area contributed by atoms with Crippen LogP contribution in [-0.4, -0.2) is 13.2 Å². The minimum atomic E-state index is 0.454. The highest BCUT2D eigenvalue weighted by Gasteiger charge is 2.16. The average Bonchev–Trinajstić information content (AvgIpc) is 2.14. The van der Waals surface area contributed by atoms with E-state index in [2.05, 4.69) is 19.1 Å². The average molecular weight is 112 g/mol. The Balaban J connectivity index is 2.38. The van der Waals surface area contributed by atoms with Gasteiger partial charge in [-0.2, -0.15) is 0 Å². The van der Waals surface area contributed by atoms with Crippen molar-refractivity contribution in [2.45, 2.75) is 19.4 Å². The van der Waals surface area contributed by atoms with Gasteiger partial charge in [0.25, 0.3) is 0 Å². The predicted octanol–water partition coefficient (Wildman–Crippen LogP) is 1.60. The molecule has 0 fully saturated rings. The van der Waals surface area contributed by atoms with Gasteiger partial charge in [-0.05, 0) is 6.42 Å². The van der Waals surface area contributed by atoms with Crippen LogP contribution in [0, 0.1) is 5.92 Å². The van der Waals surface area contributed by atoms with Crippen molar-refractivity contribution >= 4 is 0 Å². The molecule has 1 aliphatic rings. The molecule has 1 aliphatic carbocycles. The summed E-state index contributed by atoms with van der Waals surface area (Å²) in [6, 6.07) is 0. The third kappa shape index (κ3) is 0.920. The standard InChI is InChI=1S/C7H12O/c1-6-4-3-5-7(6)8-2/h3-4,6-7H,5H2,1-2H3/t6-,7?/m1/s1. The molecule has 0 bridgehead atoms. The van der Waals surface area contributed by atoms with E-state index in [9.17, 15) is 0 Å². The first-order valence-corrected chi connectivity index (χ1v) is 3.04. The van der Waals surface area contributed by atoms with Gasteiger partial charge in [-0.25, -0.2) is 0 Å². The largest absolute Gasteiger partial charge is 0.381 e. The first-order valence-electron chi connectivity index (χ1n) is 3.04. The molecule has 1 rings (SSSR count). The number of ether oxygens (including phenoxy) is 1. The summed E-state index contributed by atoms with van der Waals surface area (Å²) in [7, 11) is 1.77. The van der Waals surface area contributed by atoms with Crippen LogP contribution in [-0.2, 0) is 4.74 Å². The van der Waals surface area contributed by atoms with Gasteiger partial charge < -0.3 is 4.74 Å². The molecular formula is C7H12O. The van der Waals surface area contributed by atoms with E-state index in [1.807, 2.05) is 0 Å². The molecule has 0 aromatic rings. The normalized spacial score (nSPS) is 36.2. The molecule has 0 radical (unpaired) electrons. The lowest BCUT2D eigenvalue weighted by atomic mass is 10.1. The van der Waals surface area contributed by atoms with Crippen molar-refractivity contribution in [2.24, 2.45) is 5.92 Å². The van der Waals surface area contributed by atoms with Gasteiger partial charge in [-0.3, -0.25) is 0 Å². The maximum absolute atomic E-state index is 5.16. The van der Waals surface area contributed by atoms with Crippen LogP contribution in [0.5, 0.6) is 0 Å². The SMILES string of the molecule is COC1CC=C[C@H]1C. The monoisotopic (exact) mass is 112 g/mol. The van der Waals surface area contributed by atoms with Crippen LogP contribution in [0.3, 0.4) is 0 Å². The Morgan fingerprint density at radius 3 is 2.62 bits per heavy atom. The molecule has 0 aromatic carbocycles. The Kier molecular flexibility index (Phi) is 1.69. The van der Waals surface area contributed by atoms with Gasteiger partial charge in [0.1, 0.15) is 0 Å². The van der Waals surface area contributed by atoms with Gasteiger partial charge in [-0.1, -0.05) is 19.1 Å². The fraction of sp³-hybridized carbons (Fsp3) is 0.714. The van der Waals surface area contributed by atoms with Crippen molar-refractivity contribution in [3.8, 4) is 0 Å². The van der Waals surface area contributed by atoms with Crippen LogP contribution in [0.2, 0.25) is 0 Å². The highest BCUT2D eigenvalue weighted by molar-refractivity contribution is 5.00. The Bertz CT molecular complexity index is 96.6. The summed E-state index contributed by atoms with van der Waals surface area (Å²) in [6.07, 6.45) is 5.93. The second-order valence-corrected chi connectivity index (χ2v) is 2.30. The van der Waals surface area contributed by atoms with Crippen LogP contribution in [0.4, 0.5) is 0 Å². The van der Waals surface area contributed by atoms with Crippen molar-refractivity contribution in [2.75, 3.05) is 7.11 Å². The van der Waals surface area contributed by atoms with Crippen molar-refractivity contribution in [1.82, 2.24) is 0 Å². The van der Waals surface area contributed by atoms with Crippen molar-refractivity contribution in [1.29, 1.82) is 0 Å². The highest BCUT2D eigenvalue weighted by Crippen LogP contribution is 2.19. The molecular weight excluding hydrogens is 100 g/mol. The number of hydrogen-bond acceptors (Lipinski definition) is 1. The Morgan fingerprint density at radius 2 is 2.38 bits per heavy atom. The van der Waals surface area contributed by atoms with Gasteiger partial charge in [-0.15, -0.1) is 0 Å². The van der Waals surface area contributed by atoms with Crippen LogP contribution in [0.1, 0.15) is 13.3 Å². The maximum Gasteiger partial charge on any atom is 0.0665 e. The summed E-state index contributed by atoms with van der Waals surface area (Å²) in [5.41, 5.74) is 0. The summed E-state index contributed by atoms with van der Waals surface area (Å²) < 4.78 is 5.16. The van der Waals surface area contributed by atoms with Gasteiger partial charge in [0.2, 0.25) is 0 Å². The smallest absolute Gasteiger partial charge is 0.0665 e.